The number of carbonyl (C=O) groups excluding carboxylic acids is 1. The third kappa shape index (κ3) is 4.89. The average molecular weight is 324 g/mol. The first-order valence-corrected chi connectivity index (χ1v) is 9.11. The lowest BCUT2D eigenvalue weighted by atomic mass is 10.3. The Bertz CT molecular complexity index is 598. The minimum Gasteiger partial charge on any atom is -0.494 e. The number of hydrogen-bond donors (Lipinski definition) is 1. The van der Waals surface area contributed by atoms with Crippen LogP contribution in [0.4, 0.5) is 5.13 Å². The third-order valence-corrected chi connectivity index (χ3v) is 4.77. The summed E-state index contributed by atoms with van der Waals surface area (Å²) < 4.78 is 6.49. The molecule has 0 saturated carbocycles. The molecule has 114 valence electrons. The van der Waals surface area contributed by atoms with Crippen LogP contribution < -0.4 is 10.1 Å². The van der Waals surface area contributed by atoms with Crippen molar-refractivity contribution in [3.05, 3.63) is 18.2 Å². The van der Waals surface area contributed by atoms with E-state index in [-0.39, 0.29) is 5.91 Å². The number of nitrogens with one attached hydrogen (secondary N) is 1. The van der Waals surface area contributed by atoms with E-state index in [0.29, 0.717) is 17.5 Å². The van der Waals surface area contributed by atoms with Gasteiger partial charge in [-0.3, -0.25) is 4.79 Å². The number of anilines is 1. The summed E-state index contributed by atoms with van der Waals surface area (Å²) in [6.45, 7) is 4.75. The molecule has 1 heterocycles. The molecule has 1 aromatic carbocycles. The molecule has 0 bridgehead atoms. The van der Waals surface area contributed by atoms with E-state index < -0.39 is 0 Å². The monoisotopic (exact) mass is 324 g/mol. The molecule has 0 fully saturated rings. The molecule has 1 amide bonds. The van der Waals surface area contributed by atoms with E-state index in [1.165, 1.54) is 11.3 Å². The van der Waals surface area contributed by atoms with Gasteiger partial charge in [-0.15, -0.1) is 0 Å². The van der Waals surface area contributed by atoms with E-state index in [1.54, 1.807) is 11.8 Å². The van der Waals surface area contributed by atoms with Crippen LogP contribution in [0.2, 0.25) is 0 Å². The number of rotatable bonds is 8. The minimum atomic E-state index is 0.0141. The lowest BCUT2D eigenvalue weighted by Gasteiger charge is -2.00. The number of unbranched alkanes of at least 4 members (excludes halogenated alkanes) is 1. The van der Waals surface area contributed by atoms with E-state index in [2.05, 4.69) is 17.2 Å². The van der Waals surface area contributed by atoms with Crippen molar-refractivity contribution < 1.29 is 9.53 Å². The molecule has 0 radical (unpaired) electrons. The van der Waals surface area contributed by atoms with Crippen LogP contribution in [0.5, 0.6) is 5.75 Å². The van der Waals surface area contributed by atoms with E-state index in [1.807, 2.05) is 25.1 Å². The lowest BCUT2D eigenvalue weighted by molar-refractivity contribution is -0.113. The summed E-state index contributed by atoms with van der Waals surface area (Å²) in [7, 11) is 0. The summed E-state index contributed by atoms with van der Waals surface area (Å²) in [5.41, 5.74) is 0.886. The number of carbonyl (C=O) groups is 1. The Morgan fingerprint density at radius 3 is 3.05 bits per heavy atom. The average Bonchev–Trinajstić information content (AvgIpc) is 2.85. The summed E-state index contributed by atoms with van der Waals surface area (Å²) >= 11 is 3.14. The second-order valence-electron chi connectivity index (χ2n) is 4.54. The zero-order chi connectivity index (χ0) is 15.1. The van der Waals surface area contributed by atoms with Crippen LogP contribution in [0.15, 0.2) is 18.2 Å². The Labute approximate surface area is 133 Å². The summed E-state index contributed by atoms with van der Waals surface area (Å²) in [6, 6.07) is 5.78. The quantitative estimate of drug-likeness (QED) is 0.741. The molecule has 0 saturated heterocycles. The predicted molar refractivity (Wildman–Crippen MR) is 91.7 cm³/mol. The molecule has 0 spiro atoms. The molecule has 0 aliphatic heterocycles. The van der Waals surface area contributed by atoms with Crippen molar-refractivity contribution in [2.45, 2.75) is 26.7 Å². The molecule has 1 N–H and O–H groups in total. The summed E-state index contributed by atoms with van der Waals surface area (Å²) in [5.74, 6) is 2.36. The van der Waals surface area contributed by atoms with Crippen molar-refractivity contribution in [1.82, 2.24) is 4.98 Å². The first kappa shape index (κ1) is 16.1. The topological polar surface area (TPSA) is 51.2 Å². The Hall–Kier alpha value is -1.27. The Kier molecular flexibility index (Phi) is 6.32. The van der Waals surface area contributed by atoms with Crippen LogP contribution in [0.25, 0.3) is 10.2 Å². The van der Waals surface area contributed by atoms with Crippen molar-refractivity contribution in [3.8, 4) is 5.75 Å². The van der Waals surface area contributed by atoms with Crippen molar-refractivity contribution in [2.24, 2.45) is 0 Å². The summed E-state index contributed by atoms with van der Waals surface area (Å²) in [4.78, 5) is 16.3. The second kappa shape index (κ2) is 8.24. The van der Waals surface area contributed by atoms with Gasteiger partial charge in [0.15, 0.2) is 5.13 Å². The number of ether oxygens (including phenoxy) is 1. The van der Waals surface area contributed by atoms with Crippen LogP contribution in [0.3, 0.4) is 0 Å². The Morgan fingerprint density at radius 2 is 2.29 bits per heavy atom. The van der Waals surface area contributed by atoms with Crippen LogP contribution in [-0.2, 0) is 4.79 Å². The van der Waals surface area contributed by atoms with Gasteiger partial charge in [-0.25, -0.2) is 4.98 Å². The number of benzene rings is 1. The largest absolute Gasteiger partial charge is 0.494 e. The van der Waals surface area contributed by atoms with Gasteiger partial charge in [0.1, 0.15) is 5.75 Å². The van der Waals surface area contributed by atoms with Gasteiger partial charge in [0.2, 0.25) is 5.91 Å². The third-order valence-electron chi connectivity index (χ3n) is 2.79. The number of fused-ring (bicyclic) bond motifs is 1. The molecule has 0 aliphatic rings. The van der Waals surface area contributed by atoms with Crippen LogP contribution in [0.1, 0.15) is 26.7 Å². The highest BCUT2D eigenvalue weighted by molar-refractivity contribution is 7.99. The maximum Gasteiger partial charge on any atom is 0.236 e. The smallest absolute Gasteiger partial charge is 0.236 e. The van der Waals surface area contributed by atoms with E-state index in [4.69, 9.17) is 4.74 Å². The highest BCUT2D eigenvalue weighted by Crippen LogP contribution is 2.29. The van der Waals surface area contributed by atoms with Crippen LogP contribution in [-0.4, -0.2) is 29.0 Å². The van der Waals surface area contributed by atoms with Crippen LogP contribution in [0, 0.1) is 0 Å². The van der Waals surface area contributed by atoms with Gasteiger partial charge in [-0.1, -0.05) is 24.7 Å². The maximum atomic E-state index is 11.8. The number of thioether (sulfide) groups is 1. The van der Waals surface area contributed by atoms with Crippen molar-refractivity contribution in [2.75, 3.05) is 23.4 Å². The number of hydrogen-bond acceptors (Lipinski definition) is 5. The fourth-order valence-electron chi connectivity index (χ4n) is 1.78. The zero-order valence-electron chi connectivity index (χ0n) is 12.3. The Morgan fingerprint density at radius 1 is 1.43 bits per heavy atom. The van der Waals surface area contributed by atoms with E-state index in [0.717, 1.165) is 34.6 Å². The van der Waals surface area contributed by atoms with E-state index in [9.17, 15) is 4.79 Å². The molecule has 21 heavy (non-hydrogen) atoms. The lowest BCUT2D eigenvalue weighted by Crippen LogP contribution is -2.14. The molecule has 4 nitrogen and oxygen atoms in total. The Balaban J connectivity index is 1.94. The zero-order valence-corrected chi connectivity index (χ0v) is 14.0. The molecule has 2 aromatic rings. The molecular formula is C15H20N2O2S2. The normalized spacial score (nSPS) is 10.8. The molecule has 2 rings (SSSR count). The van der Waals surface area contributed by atoms with Gasteiger partial charge in [0.05, 0.1) is 22.6 Å². The molecule has 1 aromatic heterocycles. The first-order valence-electron chi connectivity index (χ1n) is 7.14. The molecule has 6 heteroatoms. The number of thiazole rings is 1. The maximum absolute atomic E-state index is 11.8. The minimum absolute atomic E-state index is 0.0141. The second-order valence-corrected chi connectivity index (χ2v) is 6.67. The number of aromatic nitrogens is 1. The van der Waals surface area contributed by atoms with Crippen LogP contribution >= 0.6 is 23.1 Å². The molecule has 0 atom stereocenters. The van der Waals surface area contributed by atoms with Crippen molar-refractivity contribution in [1.29, 1.82) is 0 Å². The fraction of sp³-hybridized carbons (Fsp3) is 0.467. The molecular weight excluding hydrogens is 304 g/mol. The standard InChI is InChI=1S/C15H20N2O2S2/c1-3-5-8-20-10-14(18)17-15-16-12-7-6-11(19-4-2)9-13(12)21-15/h6-7,9H,3-5,8,10H2,1-2H3,(H,16,17,18). The number of nitrogens with zero attached hydrogens (tertiary/aromatic N) is 1. The fourth-order valence-corrected chi connectivity index (χ4v) is 3.59. The first-order chi connectivity index (χ1) is 10.2. The van der Waals surface area contributed by atoms with Gasteiger partial charge in [-0.2, -0.15) is 11.8 Å². The van der Waals surface area contributed by atoms with Gasteiger partial charge in [0, 0.05) is 0 Å². The summed E-state index contributed by atoms with van der Waals surface area (Å²) in [5, 5.41) is 3.52. The van der Waals surface area contributed by atoms with Gasteiger partial charge in [-0.05, 0) is 37.3 Å². The van der Waals surface area contributed by atoms with Gasteiger partial charge >= 0.3 is 0 Å². The van der Waals surface area contributed by atoms with Crippen molar-refractivity contribution >= 4 is 44.4 Å². The predicted octanol–water partition coefficient (Wildman–Crippen LogP) is 4.17. The number of amides is 1. The highest BCUT2D eigenvalue weighted by Gasteiger charge is 2.08. The van der Waals surface area contributed by atoms with Gasteiger partial charge < -0.3 is 10.1 Å². The highest BCUT2D eigenvalue weighted by atomic mass is 32.2. The molecule has 0 aliphatic carbocycles. The summed E-state index contributed by atoms with van der Waals surface area (Å²) in [6.07, 6.45) is 2.31. The molecule has 0 unspecified atom stereocenters. The van der Waals surface area contributed by atoms with Crippen molar-refractivity contribution in [3.63, 3.8) is 0 Å². The van der Waals surface area contributed by atoms with Gasteiger partial charge in [0.25, 0.3) is 0 Å². The van der Waals surface area contributed by atoms with E-state index >= 15 is 0 Å². The SMILES string of the molecule is CCCCSCC(=O)Nc1nc2ccc(OCC)cc2s1.